The zero-order chi connectivity index (χ0) is 13.1. The SMILES string of the molecule is CN(CCO)CCn1ccc2cc(F)c(F)cc21. The number of nitrogens with zero attached hydrogens (tertiary/aromatic N) is 2. The van der Waals surface area contributed by atoms with E-state index >= 15 is 0 Å². The van der Waals surface area contributed by atoms with Gasteiger partial charge in [-0.15, -0.1) is 0 Å². The minimum absolute atomic E-state index is 0.114. The van der Waals surface area contributed by atoms with Crippen molar-refractivity contribution in [3.05, 3.63) is 36.0 Å². The molecule has 0 bridgehead atoms. The lowest BCUT2D eigenvalue weighted by molar-refractivity contribution is 0.218. The van der Waals surface area contributed by atoms with Crippen LogP contribution >= 0.6 is 0 Å². The van der Waals surface area contributed by atoms with Gasteiger partial charge < -0.3 is 14.6 Å². The van der Waals surface area contributed by atoms with Crippen LogP contribution in [0.15, 0.2) is 24.4 Å². The summed E-state index contributed by atoms with van der Waals surface area (Å²) in [5.41, 5.74) is 0.686. The molecule has 0 aliphatic heterocycles. The van der Waals surface area contributed by atoms with Crippen LogP contribution in [0.5, 0.6) is 0 Å². The van der Waals surface area contributed by atoms with Gasteiger partial charge in [-0.05, 0) is 19.2 Å². The Bertz CT molecular complexity index is 539. The van der Waals surface area contributed by atoms with Crippen molar-refractivity contribution in [1.82, 2.24) is 9.47 Å². The molecule has 0 unspecified atom stereocenters. The molecule has 0 atom stereocenters. The van der Waals surface area contributed by atoms with Crippen LogP contribution in [-0.2, 0) is 6.54 Å². The summed E-state index contributed by atoms with van der Waals surface area (Å²) in [7, 11) is 1.90. The van der Waals surface area contributed by atoms with Gasteiger partial charge in [0.15, 0.2) is 11.6 Å². The van der Waals surface area contributed by atoms with Crippen molar-refractivity contribution in [2.45, 2.75) is 6.54 Å². The van der Waals surface area contributed by atoms with Crippen molar-refractivity contribution in [3.63, 3.8) is 0 Å². The zero-order valence-corrected chi connectivity index (χ0v) is 10.2. The highest BCUT2D eigenvalue weighted by Gasteiger charge is 2.08. The molecular formula is C13H16F2N2O. The number of hydrogen-bond acceptors (Lipinski definition) is 2. The molecule has 0 spiro atoms. The van der Waals surface area contributed by atoms with Gasteiger partial charge in [0.05, 0.1) is 12.1 Å². The number of fused-ring (bicyclic) bond motifs is 1. The van der Waals surface area contributed by atoms with Gasteiger partial charge in [-0.3, -0.25) is 0 Å². The Balaban J connectivity index is 2.16. The second-order valence-electron chi connectivity index (χ2n) is 4.36. The average Bonchev–Trinajstić information content (AvgIpc) is 2.70. The fourth-order valence-corrected chi connectivity index (χ4v) is 1.94. The third-order valence-electron chi connectivity index (χ3n) is 3.02. The van der Waals surface area contributed by atoms with E-state index < -0.39 is 11.6 Å². The Hall–Kier alpha value is -1.46. The van der Waals surface area contributed by atoms with E-state index in [-0.39, 0.29) is 6.61 Å². The quantitative estimate of drug-likeness (QED) is 0.882. The molecule has 18 heavy (non-hydrogen) atoms. The van der Waals surface area contributed by atoms with Gasteiger partial charge in [-0.2, -0.15) is 0 Å². The Kier molecular flexibility index (Phi) is 3.93. The Morgan fingerprint density at radius 3 is 2.67 bits per heavy atom. The largest absolute Gasteiger partial charge is 0.395 e. The van der Waals surface area contributed by atoms with E-state index in [1.165, 1.54) is 12.1 Å². The predicted molar refractivity (Wildman–Crippen MR) is 66.4 cm³/mol. The summed E-state index contributed by atoms with van der Waals surface area (Å²) in [5, 5.41) is 9.49. The molecule has 1 heterocycles. The predicted octanol–water partition coefficient (Wildman–Crippen LogP) is 1.84. The van der Waals surface area contributed by atoms with Crippen LogP contribution in [0, 0.1) is 11.6 Å². The highest BCUT2D eigenvalue weighted by molar-refractivity contribution is 5.80. The summed E-state index contributed by atoms with van der Waals surface area (Å²) < 4.78 is 28.1. The fourth-order valence-electron chi connectivity index (χ4n) is 1.94. The number of aromatic nitrogens is 1. The van der Waals surface area contributed by atoms with Crippen LogP contribution in [0.4, 0.5) is 8.78 Å². The van der Waals surface area contributed by atoms with Gasteiger partial charge in [-0.1, -0.05) is 0 Å². The lowest BCUT2D eigenvalue weighted by atomic mass is 10.2. The highest BCUT2D eigenvalue weighted by atomic mass is 19.2. The van der Waals surface area contributed by atoms with Gasteiger partial charge in [0.1, 0.15) is 0 Å². The molecule has 0 saturated carbocycles. The Labute approximate surface area is 104 Å². The summed E-state index contributed by atoms with van der Waals surface area (Å²) in [6, 6.07) is 4.19. The maximum Gasteiger partial charge on any atom is 0.160 e. The highest BCUT2D eigenvalue weighted by Crippen LogP contribution is 2.19. The normalized spacial score (nSPS) is 11.6. The summed E-state index contributed by atoms with van der Waals surface area (Å²) in [6.07, 6.45) is 1.82. The third-order valence-corrected chi connectivity index (χ3v) is 3.02. The minimum atomic E-state index is -0.828. The molecule has 2 aromatic rings. The van der Waals surface area contributed by atoms with Crippen LogP contribution in [0.1, 0.15) is 0 Å². The monoisotopic (exact) mass is 254 g/mol. The number of halogens is 2. The van der Waals surface area contributed by atoms with Gasteiger partial charge in [-0.25, -0.2) is 8.78 Å². The van der Waals surface area contributed by atoms with E-state index in [9.17, 15) is 8.78 Å². The number of rotatable bonds is 5. The van der Waals surface area contributed by atoms with Gasteiger partial charge in [0.2, 0.25) is 0 Å². The first-order chi connectivity index (χ1) is 8.61. The molecule has 0 aliphatic carbocycles. The number of hydrogen-bond donors (Lipinski definition) is 1. The molecule has 2 rings (SSSR count). The van der Waals surface area contributed by atoms with Crippen LogP contribution in [-0.4, -0.2) is 41.3 Å². The number of aliphatic hydroxyl groups excluding tert-OH is 1. The van der Waals surface area contributed by atoms with Crippen molar-refractivity contribution in [1.29, 1.82) is 0 Å². The Morgan fingerprint density at radius 1 is 1.22 bits per heavy atom. The minimum Gasteiger partial charge on any atom is -0.395 e. The summed E-state index contributed by atoms with van der Waals surface area (Å²) in [5.74, 6) is -1.65. The van der Waals surface area contributed by atoms with Crippen LogP contribution < -0.4 is 0 Å². The summed E-state index contributed by atoms with van der Waals surface area (Å²) in [6.45, 7) is 2.12. The van der Waals surface area contributed by atoms with Crippen molar-refractivity contribution in [2.24, 2.45) is 0 Å². The lowest BCUT2D eigenvalue weighted by Crippen LogP contribution is -2.26. The second-order valence-corrected chi connectivity index (χ2v) is 4.36. The molecule has 1 N–H and O–H groups in total. The maximum atomic E-state index is 13.2. The lowest BCUT2D eigenvalue weighted by Gasteiger charge is -2.15. The average molecular weight is 254 g/mol. The van der Waals surface area contributed by atoms with Crippen molar-refractivity contribution >= 4 is 10.9 Å². The molecule has 1 aromatic carbocycles. The zero-order valence-electron chi connectivity index (χ0n) is 10.2. The summed E-state index contributed by atoms with van der Waals surface area (Å²) >= 11 is 0. The molecule has 5 heteroatoms. The molecular weight excluding hydrogens is 238 g/mol. The van der Waals surface area contributed by atoms with E-state index in [2.05, 4.69) is 0 Å². The van der Waals surface area contributed by atoms with Crippen molar-refractivity contribution in [2.75, 3.05) is 26.7 Å². The number of benzene rings is 1. The molecule has 3 nitrogen and oxygen atoms in total. The Morgan fingerprint density at radius 2 is 1.94 bits per heavy atom. The molecule has 0 radical (unpaired) electrons. The van der Waals surface area contributed by atoms with E-state index in [1.54, 1.807) is 6.07 Å². The van der Waals surface area contributed by atoms with E-state index in [1.807, 2.05) is 22.7 Å². The number of likely N-dealkylation sites (N-methyl/N-ethyl adjacent to an activating group) is 1. The molecule has 1 aromatic heterocycles. The van der Waals surface area contributed by atoms with Crippen molar-refractivity contribution < 1.29 is 13.9 Å². The first kappa shape index (κ1) is 13.0. The van der Waals surface area contributed by atoms with E-state index in [0.29, 0.717) is 24.0 Å². The van der Waals surface area contributed by atoms with Gasteiger partial charge in [0, 0.05) is 37.3 Å². The van der Waals surface area contributed by atoms with Crippen LogP contribution in [0.25, 0.3) is 10.9 Å². The van der Waals surface area contributed by atoms with Gasteiger partial charge >= 0.3 is 0 Å². The molecule has 0 saturated heterocycles. The van der Waals surface area contributed by atoms with Crippen LogP contribution in [0.2, 0.25) is 0 Å². The van der Waals surface area contributed by atoms with E-state index in [0.717, 1.165) is 6.54 Å². The van der Waals surface area contributed by atoms with Crippen molar-refractivity contribution in [3.8, 4) is 0 Å². The first-order valence-corrected chi connectivity index (χ1v) is 5.85. The first-order valence-electron chi connectivity index (χ1n) is 5.85. The van der Waals surface area contributed by atoms with E-state index in [4.69, 9.17) is 5.11 Å². The summed E-state index contributed by atoms with van der Waals surface area (Å²) in [4.78, 5) is 1.98. The van der Waals surface area contributed by atoms with Crippen LogP contribution in [0.3, 0.4) is 0 Å². The molecule has 0 amide bonds. The fraction of sp³-hybridized carbons (Fsp3) is 0.385. The standard InChI is InChI=1S/C13H16F2N2O/c1-16(6-7-18)4-5-17-3-2-10-8-11(14)12(15)9-13(10)17/h2-3,8-9,18H,4-7H2,1H3. The molecule has 0 fully saturated rings. The van der Waals surface area contributed by atoms with Gasteiger partial charge in [0.25, 0.3) is 0 Å². The number of aliphatic hydroxyl groups is 1. The smallest absolute Gasteiger partial charge is 0.160 e. The maximum absolute atomic E-state index is 13.2. The second kappa shape index (κ2) is 5.46. The third kappa shape index (κ3) is 2.68. The molecule has 98 valence electrons. The molecule has 0 aliphatic rings. The topological polar surface area (TPSA) is 28.4 Å².